The fraction of sp³-hybridized carbons (Fsp3) is 0.700. The van der Waals surface area contributed by atoms with Crippen LogP contribution in [-0.2, 0) is 17.7 Å². The molecule has 0 aliphatic carbocycles. The maximum Gasteiger partial charge on any atom is 0.411 e. The summed E-state index contributed by atoms with van der Waals surface area (Å²) in [7, 11) is 0. The van der Waals surface area contributed by atoms with E-state index in [0.29, 0.717) is 13.0 Å². The lowest BCUT2D eigenvalue weighted by Gasteiger charge is -2.07. The molecule has 2 N–H and O–H groups in total. The summed E-state index contributed by atoms with van der Waals surface area (Å²) < 4.78 is 41.3. The zero-order valence-corrected chi connectivity index (χ0v) is 9.57. The zero-order valence-electron chi connectivity index (χ0n) is 9.57. The molecule has 98 valence electrons. The van der Waals surface area contributed by atoms with Gasteiger partial charge in [0.25, 0.3) is 0 Å². The van der Waals surface area contributed by atoms with Gasteiger partial charge in [0.2, 0.25) is 0 Å². The predicted molar refractivity (Wildman–Crippen MR) is 56.5 cm³/mol. The van der Waals surface area contributed by atoms with E-state index in [0.717, 1.165) is 5.56 Å². The van der Waals surface area contributed by atoms with E-state index in [4.69, 9.17) is 5.73 Å². The summed E-state index contributed by atoms with van der Waals surface area (Å²) in [4.78, 5) is 0. The van der Waals surface area contributed by atoms with Gasteiger partial charge in [-0.05, 0) is 18.9 Å². The van der Waals surface area contributed by atoms with Crippen LogP contribution in [0.1, 0.15) is 12.5 Å². The molecule has 1 aromatic heterocycles. The maximum absolute atomic E-state index is 11.8. The Bertz CT molecular complexity index is 336. The SMILES string of the molecule is CC(N)Cc1cnn(CCOCC(F)(F)F)c1. The van der Waals surface area contributed by atoms with Crippen LogP contribution in [0.2, 0.25) is 0 Å². The lowest BCUT2D eigenvalue weighted by Crippen LogP contribution is -2.19. The Hall–Kier alpha value is -1.08. The van der Waals surface area contributed by atoms with Crippen molar-refractivity contribution in [1.82, 2.24) is 9.78 Å². The number of nitrogens with two attached hydrogens (primary N) is 1. The van der Waals surface area contributed by atoms with Crippen LogP contribution in [0.5, 0.6) is 0 Å². The van der Waals surface area contributed by atoms with Gasteiger partial charge in [-0.2, -0.15) is 18.3 Å². The molecule has 17 heavy (non-hydrogen) atoms. The predicted octanol–water partition coefficient (Wildman–Crippen LogP) is 1.35. The number of nitrogens with zero attached hydrogens (tertiary/aromatic N) is 2. The highest BCUT2D eigenvalue weighted by Crippen LogP contribution is 2.14. The Morgan fingerprint density at radius 1 is 1.53 bits per heavy atom. The summed E-state index contributed by atoms with van der Waals surface area (Å²) in [6.45, 7) is 0.943. The van der Waals surface area contributed by atoms with Crippen LogP contribution in [0, 0.1) is 0 Å². The number of rotatable bonds is 6. The highest BCUT2D eigenvalue weighted by atomic mass is 19.4. The summed E-state index contributed by atoms with van der Waals surface area (Å²) in [5.41, 5.74) is 6.58. The third-order valence-corrected chi connectivity index (χ3v) is 1.97. The first-order valence-electron chi connectivity index (χ1n) is 5.28. The number of halogens is 3. The molecule has 0 saturated carbocycles. The Balaban J connectivity index is 2.25. The van der Waals surface area contributed by atoms with E-state index in [1.54, 1.807) is 17.1 Å². The molecule has 0 saturated heterocycles. The van der Waals surface area contributed by atoms with Gasteiger partial charge >= 0.3 is 6.18 Å². The van der Waals surface area contributed by atoms with Crippen LogP contribution in [-0.4, -0.2) is 35.2 Å². The van der Waals surface area contributed by atoms with Gasteiger partial charge < -0.3 is 10.5 Å². The Morgan fingerprint density at radius 3 is 2.82 bits per heavy atom. The van der Waals surface area contributed by atoms with Gasteiger partial charge in [-0.3, -0.25) is 4.68 Å². The monoisotopic (exact) mass is 251 g/mol. The smallest absolute Gasteiger partial charge is 0.370 e. The quantitative estimate of drug-likeness (QED) is 0.776. The van der Waals surface area contributed by atoms with Crippen LogP contribution >= 0.6 is 0 Å². The first-order chi connectivity index (χ1) is 7.87. The number of hydrogen-bond acceptors (Lipinski definition) is 3. The van der Waals surface area contributed by atoms with E-state index in [1.807, 2.05) is 6.92 Å². The molecule has 0 amide bonds. The molecule has 0 aliphatic heterocycles. The van der Waals surface area contributed by atoms with Gasteiger partial charge in [0.15, 0.2) is 0 Å². The van der Waals surface area contributed by atoms with Crippen LogP contribution in [0.4, 0.5) is 13.2 Å². The van der Waals surface area contributed by atoms with Gasteiger partial charge in [-0.25, -0.2) is 0 Å². The largest absolute Gasteiger partial charge is 0.411 e. The van der Waals surface area contributed by atoms with Crippen LogP contribution < -0.4 is 5.73 Å². The summed E-state index contributed by atoms with van der Waals surface area (Å²) >= 11 is 0. The van der Waals surface area contributed by atoms with Gasteiger partial charge in [0.05, 0.1) is 19.3 Å². The number of hydrogen-bond donors (Lipinski definition) is 1. The topological polar surface area (TPSA) is 53.1 Å². The highest BCUT2D eigenvalue weighted by molar-refractivity contribution is 5.05. The molecule has 0 fully saturated rings. The van der Waals surface area contributed by atoms with Crippen molar-refractivity contribution < 1.29 is 17.9 Å². The third kappa shape index (κ3) is 6.28. The fourth-order valence-electron chi connectivity index (χ4n) is 1.35. The standard InChI is InChI=1S/C10H16F3N3O/c1-8(14)4-9-5-15-16(6-9)2-3-17-7-10(11,12)13/h5-6,8H,2-4,7,14H2,1H3. The molecule has 1 aromatic rings. The van der Waals surface area contributed by atoms with E-state index in [9.17, 15) is 13.2 Å². The van der Waals surface area contributed by atoms with Crippen LogP contribution in [0.25, 0.3) is 0 Å². The molecule has 0 bridgehead atoms. The third-order valence-electron chi connectivity index (χ3n) is 1.97. The number of ether oxygens (including phenoxy) is 1. The first kappa shape index (κ1) is 14.0. The van der Waals surface area contributed by atoms with Crippen molar-refractivity contribution in [3.05, 3.63) is 18.0 Å². The molecule has 1 rings (SSSR count). The van der Waals surface area contributed by atoms with Gasteiger partial charge in [-0.15, -0.1) is 0 Å². The van der Waals surface area contributed by atoms with Gasteiger partial charge in [0, 0.05) is 12.2 Å². The van der Waals surface area contributed by atoms with Crippen molar-refractivity contribution in [3.63, 3.8) is 0 Å². The zero-order chi connectivity index (χ0) is 12.9. The molecule has 0 radical (unpaired) electrons. The van der Waals surface area contributed by atoms with Gasteiger partial charge in [-0.1, -0.05) is 0 Å². The van der Waals surface area contributed by atoms with Crippen molar-refractivity contribution in [2.75, 3.05) is 13.2 Å². The molecule has 7 heteroatoms. The van der Waals surface area contributed by atoms with Crippen molar-refractivity contribution >= 4 is 0 Å². The summed E-state index contributed by atoms with van der Waals surface area (Å²) in [5, 5.41) is 4.00. The lowest BCUT2D eigenvalue weighted by atomic mass is 10.1. The Labute approximate surface area is 97.5 Å². The van der Waals surface area contributed by atoms with Crippen molar-refractivity contribution in [1.29, 1.82) is 0 Å². The minimum absolute atomic E-state index is 0.0151. The molecule has 1 heterocycles. The molecule has 1 unspecified atom stereocenters. The summed E-state index contributed by atoms with van der Waals surface area (Å²) in [6.07, 6.45) is -0.152. The van der Waals surface area contributed by atoms with Crippen LogP contribution in [0.3, 0.4) is 0 Å². The minimum Gasteiger partial charge on any atom is -0.370 e. The lowest BCUT2D eigenvalue weighted by molar-refractivity contribution is -0.174. The Kier molecular flexibility index (Phi) is 4.95. The van der Waals surface area contributed by atoms with Gasteiger partial charge in [0.1, 0.15) is 6.61 Å². The summed E-state index contributed by atoms with van der Waals surface area (Å²) in [5.74, 6) is 0. The minimum atomic E-state index is -4.27. The second-order valence-electron chi connectivity index (χ2n) is 3.96. The normalized spacial score (nSPS) is 13.9. The first-order valence-corrected chi connectivity index (χ1v) is 5.28. The molecule has 0 aromatic carbocycles. The molecule has 1 atom stereocenters. The Morgan fingerprint density at radius 2 is 2.24 bits per heavy atom. The number of alkyl halides is 3. The highest BCUT2D eigenvalue weighted by Gasteiger charge is 2.27. The van der Waals surface area contributed by atoms with Crippen molar-refractivity contribution in [2.45, 2.75) is 32.1 Å². The average molecular weight is 251 g/mol. The van der Waals surface area contributed by atoms with E-state index >= 15 is 0 Å². The van der Waals surface area contributed by atoms with E-state index in [2.05, 4.69) is 9.84 Å². The van der Waals surface area contributed by atoms with Crippen molar-refractivity contribution in [3.8, 4) is 0 Å². The van der Waals surface area contributed by atoms with E-state index in [-0.39, 0.29) is 12.6 Å². The molecular weight excluding hydrogens is 235 g/mol. The molecule has 0 aliphatic rings. The molecule has 4 nitrogen and oxygen atoms in total. The molecular formula is C10H16F3N3O. The van der Waals surface area contributed by atoms with E-state index in [1.165, 1.54) is 0 Å². The molecule has 0 spiro atoms. The second kappa shape index (κ2) is 6.02. The van der Waals surface area contributed by atoms with E-state index < -0.39 is 12.8 Å². The fourth-order valence-corrected chi connectivity index (χ4v) is 1.35. The van der Waals surface area contributed by atoms with Crippen molar-refractivity contribution in [2.24, 2.45) is 5.73 Å². The average Bonchev–Trinajstić information content (AvgIpc) is 2.58. The second-order valence-corrected chi connectivity index (χ2v) is 3.96. The number of aromatic nitrogens is 2. The van der Waals surface area contributed by atoms with Crippen LogP contribution in [0.15, 0.2) is 12.4 Å². The summed E-state index contributed by atoms with van der Waals surface area (Å²) in [6, 6.07) is 0.0362. The maximum atomic E-state index is 11.8.